The molecule has 0 aliphatic carbocycles. The van der Waals surface area contributed by atoms with E-state index in [1.165, 1.54) is 6.20 Å². The number of carbonyl (C=O) groups is 1. The molecule has 1 aromatic heterocycles. The SMILES string of the molecule is CC(C)CNC(=O)c1cncc(Nc2cccc(C#N)c2)c1. The Morgan fingerprint density at radius 3 is 2.82 bits per heavy atom. The maximum atomic E-state index is 12.0. The molecule has 0 saturated heterocycles. The molecular formula is C17H18N4O. The molecule has 2 aromatic rings. The Labute approximate surface area is 130 Å². The molecule has 0 aliphatic rings. The number of rotatable bonds is 5. The van der Waals surface area contributed by atoms with Gasteiger partial charge in [0, 0.05) is 18.4 Å². The number of carbonyl (C=O) groups excluding carboxylic acids is 1. The first-order valence-electron chi connectivity index (χ1n) is 7.09. The lowest BCUT2D eigenvalue weighted by Crippen LogP contribution is -2.27. The fourth-order valence-corrected chi connectivity index (χ4v) is 1.86. The monoisotopic (exact) mass is 294 g/mol. The zero-order chi connectivity index (χ0) is 15.9. The van der Waals surface area contributed by atoms with Crippen molar-refractivity contribution in [2.24, 2.45) is 5.92 Å². The first-order valence-corrected chi connectivity index (χ1v) is 7.09. The van der Waals surface area contributed by atoms with Crippen LogP contribution in [-0.2, 0) is 0 Å². The van der Waals surface area contributed by atoms with Gasteiger partial charge in [0.25, 0.3) is 5.91 Å². The van der Waals surface area contributed by atoms with Gasteiger partial charge in [-0.05, 0) is 30.2 Å². The number of nitrogens with zero attached hydrogens (tertiary/aromatic N) is 2. The average molecular weight is 294 g/mol. The summed E-state index contributed by atoms with van der Waals surface area (Å²) in [5.74, 6) is 0.252. The Balaban J connectivity index is 2.11. The van der Waals surface area contributed by atoms with Crippen LogP contribution in [0.5, 0.6) is 0 Å². The minimum absolute atomic E-state index is 0.143. The van der Waals surface area contributed by atoms with Gasteiger partial charge in [-0.15, -0.1) is 0 Å². The molecule has 0 radical (unpaired) electrons. The third kappa shape index (κ3) is 4.32. The molecule has 1 aromatic carbocycles. The maximum absolute atomic E-state index is 12.0. The van der Waals surface area contributed by atoms with Gasteiger partial charge in [-0.2, -0.15) is 5.26 Å². The number of nitriles is 1. The van der Waals surface area contributed by atoms with Gasteiger partial charge < -0.3 is 10.6 Å². The summed E-state index contributed by atoms with van der Waals surface area (Å²) in [6.45, 7) is 4.71. The van der Waals surface area contributed by atoms with Crippen LogP contribution in [-0.4, -0.2) is 17.4 Å². The summed E-state index contributed by atoms with van der Waals surface area (Å²) < 4.78 is 0. The van der Waals surface area contributed by atoms with E-state index in [0.717, 1.165) is 5.69 Å². The number of aromatic nitrogens is 1. The summed E-state index contributed by atoms with van der Waals surface area (Å²) in [6.07, 6.45) is 3.17. The van der Waals surface area contributed by atoms with E-state index >= 15 is 0 Å². The molecule has 0 atom stereocenters. The van der Waals surface area contributed by atoms with Crippen LogP contribution in [0.4, 0.5) is 11.4 Å². The van der Waals surface area contributed by atoms with Crippen LogP contribution in [0.25, 0.3) is 0 Å². The fraction of sp³-hybridized carbons (Fsp3) is 0.235. The lowest BCUT2D eigenvalue weighted by molar-refractivity contribution is 0.0948. The number of pyridine rings is 1. The van der Waals surface area contributed by atoms with Crippen LogP contribution in [0.2, 0.25) is 0 Å². The minimum atomic E-state index is -0.143. The van der Waals surface area contributed by atoms with Crippen LogP contribution >= 0.6 is 0 Å². The Bertz CT molecular complexity index is 704. The van der Waals surface area contributed by atoms with Crippen LogP contribution in [0.3, 0.4) is 0 Å². The number of hydrogen-bond donors (Lipinski definition) is 2. The zero-order valence-corrected chi connectivity index (χ0v) is 12.6. The van der Waals surface area contributed by atoms with Crippen LogP contribution in [0.15, 0.2) is 42.7 Å². The largest absolute Gasteiger partial charge is 0.354 e. The van der Waals surface area contributed by atoms with Gasteiger partial charge >= 0.3 is 0 Å². The first-order chi connectivity index (χ1) is 10.6. The normalized spacial score (nSPS) is 10.1. The standard InChI is InChI=1S/C17H18N4O/c1-12(2)9-20-17(22)14-7-16(11-19-10-14)21-15-5-3-4-13(6-15)8-18/h3-7,10-12,21H,9H2,1-2H3,(H,20,22). The summed E-state index contributed by atoms with van der Waals surface area (Å²) in [5, 5.41) is 14.9. The molecule has 0 bridgehead atoms. The number of anilines is 2. The van der Waals surface area contributed by atoms with Gasteiger partial charge in [0.2, 0.25) is 0 Å². The quantitative estimate of drug-likeness (QED) is 0.888. The fourth-order valence-electron chi connectivity index (χ4n) is 1.86. The van der Waals surface area contributed by atoms with E-state index in [4.69, 9.17) is 5.26 Å². The maximum Gasteiger partial charge on any atom is 0.252 e. The number of benzene rings is 1. The second kappa shape index (κ2) is 7.23. The molecule has 0 spiro atoms. The lowest BCUT2D eigenvalue weighted by Gasteiger charge is -2.10. The summed E-state index contributed by atoms with van der Waals surface area (Å²) in [7, 11) is 0. The molecule has 5 nitrogen and oxygen atoms in total. The van der Waals surface area contributed by atoms with E-state index in [1.807, 2.05) is 19.9 Å². The Kier molecular flexibility index (Phi) is 5.10. The highest BCUT2D eigenvalue weighted by Gasteiger charge is 2.07. The summed E-state index contributed by atoms with van der Waals surface area (Å²) in [5.41, 5.74) is 2.55. The molecule has 0 saturated carbocycles. The van der Waals surface area contributed by atoms with Gasteiger partial charge in [-0.1, -0.05) is 19.9 Å². The van der Waals surface area contributed by atoms with E-state index in [-0.39, 0.29) is 5.91 Å². The molecule has 2 N–H and O–H groups in total. The highest BCUT2D eigenvalue weighted by atomic mass is 16.1. The van der Waals surface area contributed by atoms with Crippen molar-refractivity contribution in [1.82, 2.24) is 10.3 Å². The van der Waals surface area contributed by atoms with Crippen molar-refractivity contribution in [2.45, 2.75) is 13.8 Å². The van der Waals surface area contributed by atoms with Crippen LogP contribution < -0.4 is 10.6 Å². The zero-order valence-electron chi connectivity index (χ0n) is 12.6. The van der Waals surface area contributed by atoms with E-state index < -0.39 is 0 Å². The molecular weight excluding hydrogens is 276 g/mol. The van der Waals surface area contributed by atoms with Gasteiger partial charge in [0.1, 0.15) is 0 Å². The third-order valence-corrected chi connectivity index (χ3v) is 2.95. The number of hydrogen-bond acceptors (Lipinski definition) is 4. The predicted molar refractivity (Wildman–Crippen MR) is 85.8 cm³/mol. The van der Waals surface area contributed by atoms with Gasteiger partial charge in [0.05, 0.1) is 29.1 Å². The number of nitrogens with one attached hydrogen (secondary N) is 2. The Hall–Kier alpha value is -2.87. The summed E-state index contributed by atoms with van der Waals surface area (Å²) >= 11 is 0. The molecule has 0 aliphatic heterocycles. The van der Waals surface area contributed by atoms with E-state index in [0.29, 0.717) is 29.3 Å². The molecule has 2 rings (SSSR count). The second-order valence-corrected chi connectivity index (χ2v) is 5.38. The van der Waals surface area contributed by atoms with Crippen molar-refractivity contribution < 1.29 is 4.79 Å². The summed E-state index contributed by atoms with van der Waals surface area (Å²) in [4.78, 5) is 16.1. The van der Waals surface area contributed by atoms with Gasteiger partial charge in [-0.3, -0.25) is 9.78 Å². The molecule has 112 valence electrons. The van der Waals surface area contributed by atoms with Crippen molar-refractivity contribution in [2.75, 3.05) is 11.9 Å². The van der Waals surface area contributed by atoms with E-state index in [1.54, 1.807) is 30.5 Å². The third-order valence-electron chi connectivity index (χ3n) is 2.95. The summed E-state index contributed by atoms with van der Waals surface area (Å²) in [6, 6.07) is 11.0. The van der Waals surface area contributed by atoms with Crippen LogP contribution in [0.1, 0.15) is 29.8 Å². The van der Waals surface area contributed by atoms with Crippen molar-refractivity contribution in [3.05, 3.63) is 53.9 Å². The van der Waals surface area contributed by atoms with Crippen molar-refractivity contribution >= 4 is 17.3 Å². The molecule has 1 amide bonds. The van der Waals surface area contributed by atoms with Gasteiger partial charge in [0.15, 0.2) is 0 Å². The Morgan fingerprint density at radius 1 is 1.27 bits per heavy atom. The molecule has 1 heterocycles. The Morgan fingerprint density at radius 2 is 2.09 bits per heavy atom. The average Bonchev–Trinajstić information content (AvgIpc) is 2.53. The second-order valence-electron chi connectivity index (χ2n) is 5.38. The van der Waals surface area contributed by atoms with E-state index in [2.05, 4.69) is 21.7 Å². The predicted octanol–water partition coefficient (Wildman–Crippen LogP) is 3.08. The van der Waals surface area contributed by atoms with Crippen molar-refractivity contribution in [3.63, 3.8) is 0 Å². The van der Waals surface area contributed by atoms with Crippen LogP contribution in [0, 0.1) is 17.2 Å². The van der Waals surface area contributed by atoms with Crippen molar-refractivity contribution in [1.29, 1.82) is 5.26 Å². The molecule has 5 heteroatoms. The molecule has 0 fully saturated rings. The minimum Gasteiger partial charge on any atom is -0.354 e. The lowest BCUT2D eigenvalue weighted by atomic mass is 10.2. The van der Waals surface area contributed by atoms with Crippen molar-refractivity contribution in [3.8, 4) is 6.07 Å². The van der Waals surface area contributed by atoms with Gasteiger partial charge in [-0.25, -0.2) is 0 Å². The highest BCUT2D eigenvalue weighted by molar-refractivity contribution is 5.94. The smallest absolute Gasteiger partial charge is 0.252 e. The highest BCUT2D eigenvalue weighted by Crippen LogP contribution is 2.17. The van der Waals surface area contributed by atoms with E-state index in [9.17, 15) is 4.79 Å². The number of amides is 1. The molecule has 0 unspecified atom stereocenters. The topological polar surface area (TPSA) is 77.8 Å². The first kappa shape index (κ1) is 15.5. The molecule has 22 heavy (non-hydrogen) atoms.